The number of carbonyl (C=O) groups is 2. The van der Waals surface area contributed by atoms with E-state index >= 15 is 0 Å². The quantitative estimate of drug-likeness (QED) is 0.381. The number of hydrogen-bond acceptors (Lipinski definition) is 4. The van der Waals surface area contributed by atoms with Gasteiger partial charge in [-0.15, -0.1) is 0 Å². The van der Waals surface area contributed by atoms with Crippen LogP contribution in [0.3, 0.4) is 0 Å². The highest BCUT2D eigenvalue weighted by Gasteiger charge is 2.02. The number of aryl methyl sites for hydroxylation is 1. The van der Waals surface area contributed by atoms with Crippen molar-refractivity contribution in [2.75, 3.05) is 0 Å². The average molecular weight is 247 g/mol. The van der Waals surface area contributed by atoms with Crippen molar-refractivity contribution in [1.29, 1.82) is 0 Å². The molecule has 18 heavy (non-hydrogen) atoms. The van der Waals surface area contributed by atoms with Crippen LogP contribution in [0.1, 0.15) is 18.1 Å². The van der Waals surface area contributed by atoms with E-state index < -0.39 is 11.9 Å². The first-order valence-corrected chi connectivity index (χ1v) is 5.22. The van der Waals surface area contributed by atoms with E-state index in [0.717, 1.165) is 11.6 Å². The molecule has 5 heteroatoms. The Balaban J connectivity index is 3.03. The number of carboxylic acids is 1. The maximum absolute atomic E-state index is 10.7. The molecule has 1 rings (SSSR count). The largest absolute Gasteiger partial charge is 0.478 e. The number of nitrogens with zero attached hydrogens (tertiary/aromatic N) is 1. The van der Waals surface area contributed by atoms with Gasteiger partial charge in [0.1, 0.15) is 5.71 Å². The van der Waals surface area contributed by atoms with Crippen molar-refractivity contribution in [3.05, 3.63) is 47.5 Å². The lowest BCUT2D eigenvalue weighted by molar-refractivity contribution is -0.140. The molecule has 1 aromatic carbocycles. The highest BCUT2D eigenvalue weighted by Crippen LogP contribution is 2.06. The molecule has 1 aromatic rings. The van der Waals surface area contributed by atoms with Crippen LogP contribution in [0.25, 0.3) is 0 Å². The number of carbonyl (C=O) groups excluding carboxylic acids is 1. The minimum atomic E-state index is -1.10. The summed E-state index contributed by atoms with van der Waals surface area (Å²) in [6.07, 6.45) is 2.21. The molecule has 0 fully saturated rings. The van der Waals surface area contributed by atoms with Gasteiger partial charge in [-0.25, -0.2) is 9.59 Å². The van der Waals surface area contributed by atoms with Gasteiger partial charge in [0.25, 0.3) is 0 Å². The van der Waals surface area contributed by atoms with E-state index in [2.05, 4.69) is 9.99 Å². The molecule has 0 radical (unpaired) electrons. The number of aliphatic carboxylic acids is 1. The average Bonchev–Trinajstić information content (AvgIpc) is 2.30. The van der Waals surface area contributed by atoms with E-state index in [4.69, 9.17) is 5.11 Å². The molecular formula is C13H13NO4. The van der Waals surface area contributed by atoms with E-state index in [1.54, 1.807) is 12.1 Å². The monoisotopic (exact) mass is 247 g/mol. The summed E-state index contributed by atoms with van der Waals surface area (Å²) in [6.45, 7) is 3.15. The standard InChI is InChI=1S/C13H13NO4/c1-9-3-5-11(6-4-9)12(7-8-13(16)17)14-18-10(2)15/h3-8H,1-2H3,(H,16,17)/b8-7+,14-12+. The number of carboxylic acid groups (broad SMARTS) is 1. The molecule has 0 amide bonds. The van der Waals surface area contributed by atoms with Gasteiger partial charge in [0.05, 0.1) is 0 Å². The highest BCUT2D eigenvalue weighted by atomic mass is 16.7. The molecule has 0 heterocycles. The minimum absolute atomic E-state index is 0.271. The van der Waals surface area contributed by atoms with E-state index in [9.17, 15) is 9.59 Å². The van der Waals surface area contributed by atoms with Crippen LogP contribution in [-0.4, -0.2) is 22.8 Å². The van der Waals surface area contributed by atoms with E-state index in [1.807, 2.05) is 19.1 Å². The lowest BCUT2D eigenvalue weighted by Crippen LogP contribution is -2.02. The Kier molecular flexibility index (Phi) is 4.80. The number of hydrogen-bond donors (Lipinski definition) is 1. The predicted molar refractivity (Wildman–Crippen MR) is 66.3 cm³/mol. The van der Waals surface area contributed by atoms with Gasteiger partial charge in [-0.2, -0.15) is 0 Å². The number of allylic oxidation sites excluding steroid dienone is 1. The molecule has 0 aromatic heterocycles. The first kappa shape index (κ1) is 13.6. The van der Waals surface area contributed by atoms with E-state index in [-0.39, 0.29) is 5.71 Å². The molecule has 0 unspecified atom stereocenters. The summed E-state index contributed by atoms with van der Waals surface area (Å²) in [5, 5.41) is 12.2. The summed E-state index contributed by atoms with van der Waals surface area (Å²) in [4.78, 5) is 25.7. The van der Waals surface area contributed by atoms with Gasteiger partial charge in [-0.3, -0.25) is 0 Å². The second-order valence-electron chi connectivity index (χ2n) is 3.60. The van der Waals surface area contributed by atoms with Gasteiger partial charge in [-0.05, 0) is 13.0 Å². The Bertz CT molecular complexity index is 500. The lowest BCUT2D eigenvalue weighted by Gasteiger charge is -2.01. The summed E-state index contributed by atoms with van der Waals surface area (Å²) >= 11 is 0. The zero-order chi connectivity index (χ0) is 13.5. The van der Waals surface area contributed by atoms with Crippen molar-refractivity contribution in [2.45, 2.75) is 13.8 Å². The normalized spacial score (nSPS) is 11.6. The minimum Gasteiger partial charge on any atom is -0.478 e. The summed E-state index contributed by atoms with van der Waals surface area (Å²) in [7, 11) is 0. The van der Waals surface area contributed by atoms with Crippen LogP contribution in [-0.2, 0) is 14.4 Å². The van der Waals surface area contributed by atoms with Gasteiger partial charge in [0.2, 0.25) is 0 Å². The smallest absolute Gasteiger partial charge is 0.332 e. The van der Waals surface area contributed by atoms with Gasteiger partial charge in [0.15, 0.2) is 0 Å². The maximum Gasteiger partial charge on any atom is 0.332 e. The third-order valence-corrected chi connectivity index (χ3v) is 2.00. The molecule has 1 N–H and O–H groups in total. The van der Waals surface area contributed by atoms with Crippen LogP contribution in [0.15, 0.2) is 41.6 Å². The molecule has 0 saturated heterocycles. The molecule has 0 aliphatic rings. The van der Waals surface area contributed by atoms with Crippen molar-refractivity contribution in [3.63, 3.8) is 0 Å². The van der Waals surface area contributed by atoms with Crippen molar-refractivity contribution in [3.8, 4) is 0 Å². The second kappa shape index (κ2) is 6.34. The van der Waals surface area contributed by atoms with E-state index in [1.165, 1.54) is 13.0 Å². The fourth-order valence-corrected chi connectivity index (χ4v) is 1.17. The lowest BCUT2D eigenvalue weighted by atomic mass is 10.1. The molecule has 94 valence electrons. The van der Waals surface area contributed by atoms with Crippen LogP contribution >= 0.6 is 0 Å². The van der Waals surface area contributed by atoms with Gasteiger partial charge in [0, 0.05) is 18.6 Å². The summed E-state index contributed by atoms with van der Waals surface area (Å²) in [5.74, 6) is -1.67. The van der Waals surface area contributed by atoms with Gasteiger partial charge >= 0.3 is 11.9 Å². The maximum atomic E-state index is 10.7. The van der Waals surface area contributed by atoms with Crippen LogP contribution in [0, 0.1) is 6.92 Å². The fraction of sp³-hybridized carbons (Fsp3) is 0.154. The van der Waals surface area contributed by atoms with Crippen LogP contribution in [0.5, 0.6) is 0 Å². The number of rotatable bonds is 4. The highest BCUT2D eigenvalue weighted by molar-refractivity contribution is 6.10. The van der Waals surface area contributed by atoms with Crippen LogP contribution in [0.2, 0.25) is 0 Å². The van der Waals surface area contributed by atoms with Gasteiger partial charge in [-0.1, -0.05) is 35.0 Å². The van der Waals surface area contributed by atoms with Crippen molar-refractivity contribution in [1.82, 2.24) is 0 Å². The first-order valence-electron chi connectivity index (χ1n) is 5.22. The molecular weight excluding hydrogens is 234 g/mol. The Morgan fingerprint density at radius 1 is 1.22 bits per heavy atom. The van der Waals surface area contributed by atoms with Crippen LogP contribution in [0.4, 0.5) is 0 Å². The molecule has 0 bridgehead atoms. The fourth-order valence-electron chi connectivity index (χ4n) is 1.17. The molecule has 0 saturated carbocycles. The van der Waals surface area contributed by atoms with E-state index in [0.29, 0.717) is 5.56 Å². The third-order valence-electron chi connectivity index (χ3n) is 2.00. The Labute approximate surface area is 104 Å². The second-order valence-corrected chi connectivity index (χ2v) is 3.60. The topological polar surface area (TPSA) is 76.0 Å². The van der Waals surface area contributed by atoms with Crippen molar-refractivity contribution >= 4 is 17.7 Å². The zero-order valence-corrected chi connectivity index (χ0v) is 10.1. The summed E-state index contributed by atoms with van der Waals surface area (Å²) < 4.78 is 0. The molecule has 0 atom stereocenters. The molecule has 0 aliphatic carbocycles. The third kappa shape index (κ3) is 4.61. The SMILES string of the molecule is CC(=O)O/N=C(\C=C\C(=O)O)c1ccc(C)cc1. The molecule has 0 spiro atoms. The first-order chi connectivity index (χ1) is 8.49. The summed E-state index contributed by atoms with van der Waals surface area (Å²) in [5.41, 5.74) is 2.00. The Morgan fingerprint density at radius 3 is 2.33 bits per heavy atom. The zero-order valence-electron chi connectivity index (χ0n) is 10.1. The van der Waals surface area contributed by atoms with Crippen LogP contribution < -0.4 is 0 Å². The Hall–Kier alpha value is -2.43. The van der Waals surface area contributed by atoms with Gasteiger partial charge < -0.3 is 9.94 Å². The molecule has 0 aliphatic heterocycles. The van der Waals surface area contributed by atoms with Crippen molar-refractivity contribution < 1.29 is 19.5 Å². The number of benzene rings is 1. The predicted octanol–water partition coefficient (Wildman–Crippen LogP) is 1.90. The number of oxime groups is 1. The Morgan fingerprint density at radius 2 is 1.83 bits per heavy atom. The molecule has 5 nitrogen and oxygen atoms in total. The summed E-state index contributed by atoms with van der Waals surface area (Å²) in [6, 6.07) is 7.24. The van der Waals surface area contributed by atoms with Crippen molar-refractivity contribution in [2.24, 2.45) is 5.16 Å².